The van der Waals surface area contributed by atoms with Crippen LogP contribution in [0, 0.1) is 0 Å². The molecule has 4 heterocycles. The summed E-state index contributed by atoms with van der Waals surface area (Å²) in [6, 6.07) is 12.5. The van der Waals surface area contributed by atoms with Crippen LogP contribution in [0.1, 0.15) is 6.42 Å². The van der Waals surface area contributed by atoms with Gasteiger partial charge in [-0.2, -0.15) is 0 Å². The molecule has 1 amide bonds. The second-order valence-corrected chi connectivity index (χ2v) is 9.81. The molecule has 5 rings (SSSR count). The highest BCUT2D eigenvalue weighted by atomic mass is 35.5. The summed E-state index contributed by atoms with van der Waals surface area (Å²) in [4.78, 5) is 24.8. The smallest absolute Gasteiger partial charge is 0.226 e. The molecule has 0 radical (unpaired) electrons. The van der Waals surface area contributed by atoms with Gasteiger partial charge in [0, 0.05) is 28.1 Å². The number of halogens is 2. The van der Waals surface area contributed by atoms with Crippen LogP contribution >= 0.6 is 46.3 Å². The van der Waals surface area contributed by atoms with Gasteiger partial charge in [-0.25, -0.2) is 9.97 Å². The lowest BCUT2D eigenvalue weighted by Crippen LogP contribution is -2.12. The quantitative estimate of drug-likeness (QED) is 0.202. The minimum absolute atomic E-state index is 0.139. The maximum absolute atomic E-state index is 12.4. The fraction of sp³-hybridized carbons (Fsp3) is 0.0870. The number of benzene rings is 1. The van der Waals surface area contributed by atoms with Gasteiger partial charge in [-0.3, -0.25) is 4.79 Å². The number of nitrogens with one attached hydrogen (secondary N) is 2. The third kappa shape index (κ3) is 5.07. The zero-order valence-electron chi connectivity index (χ0n) is 17.4. The van der Waals surface area contributed by atoms with Gasteiger partial charge in [0.2, 0.25) is 5.91 Å². The van der Waals surface area contributed by atoms with E-state index in [1.165, 1.54) is 23.1 Å². The van der Waals surface area contributed by atoms with Crippen molar-refractivity contribution in [3.05, 3.63) is 70.4 Å². The largest absolute Gasteiger partial charge is 0.463 e. The third-order valence-corrected chi connectivity index (χ3v) is 6.91. The van der Waals surface area contributed by atoms with E-state index in [4.69, 9.17) is 32.0 Å². The van der Waals surface area contributed by atoms with Crippen molar-refractivity contribution < 1.29 is 13.6 Å². The van der Waals surface area contributed by atoms with Crippen molar-refractivity contribution >= 4 is 57.3 Å². The van der Waals surface area contributed by atoms with E-state index in [1.54, 1.807) is 36.8 Å². The fourth-order valence-corrected chi connectivity index (χ4v) is 5.23. The number of anilines is 1. The van der Waals surface area contributed by atoms with Crippen molar-refractivity contribution in [2.24, 2.45) is 0 Å². The lowest BCUT2D eigenvalue weighted by molar-refractivity contribution is -0.115. The first kappa shape index (κ1) is 22.8. The Morgan fingerprint density at radius 3 is 2.62 bits per heavy atom. The zero-order valence-corrected chi connectivity index (χ0v) is 20.5. The molecule has 7 nitrogen and oxygen atoms in total. The topological polar surface area (TPSA) is 97.0 Å². The first-order chi connectivity index (χ1) is 16.6. The predicted molar refractivity (Wildman–Crippen MR) is 136 cm³/mol. The fourth-order valence-electron chi connectivity index (χ4n) is 3.18. The highest BCUT2D eigenvalue weighted by Crippen LogP contribution is 2.34. The molecule has 0 aliphatic heterocycles. The number of aromatic nitrogens is 3. The minimum atomic E-state index is -0.139. The van der Waals surface area contributed by atoms with Gasteiger partial charge in [0.25, 0.3) is 0 Å². The number of furan rings is 2. The van der Waals surface area contributed by atoms with Gasteiger partial charge in [-0.1, -0.05) is 35.0 Å². The summed E-state index contributed by atoms with van der Waals surface area (Å²) in [7, 11) is 0. The molecule has 0 aliphatic carbocycles. The number of hydrogen-bond acceptors (Lipinski definition) is 7. The van der Waals surface area contributed by atoms with Crippen molar-refractivity contribution in [2.45, 2.75) is 11.6 Å². The number of thiazole rings is 1. The lowest BCUT2D eigenvalue weighted by atomic mass is 10.2. The van der Waals surface area contributed by atoms with E-state index in [1.807, 2.05) is 23.6 Å². The van der Waals surface area contributed by atoms with Crippen LogP contribution in [0.4, 0.5) is 5.13 Å². The molecule has 0 bridgehead atoms. The van der Waals surface area contributed by atoms with Crippen LogP contribution in [0.5, 0.6) is 0 Å². The number of thioether (sulfide) groups is 1. The standard InChI is InChI=1S/C23H16Cl2N4O3S2/c24-13-5-6-14(15(25)11-13)16-12-34-22(26-16)27-19(30)7-10-33-23-28-20(17-3-1-8-31-17)21(29-23)18-4-2-9-32-18/h1-6,8-9,11-12H,7,10H2,(H,28,29)(H,26,27,30). The molecule has 11 heteroatoms. The number of amides is 1. The number of aromatic amines is 1. The second kappa shape index (κ2) is 10.1. The van der Waals surface area contributed by atoms with Crippen molar-refractivity contribution in [2.75, 3.05) is 11.1 Å². The molecular formula is C23H16Cl2N4O3S2. The molecule has 2 N–H and O–H groups in total. The third-order valence-electron chi connectivity index (χ3n) is 4.73. The predicted octanol–water partition coefficient (Wildman–Crippen LogP) is 7.48. The molecule has 0 atom stereocenters. The van der Waals surface area contributed by atoms with Crippen LogP contribution in [0.2, 0.25) is 10.0 Å². The Labute approximate surface area is 212 Å². The van der Waals surface area contributed by atoms with Gasteiger partial charge >= 0.3 is 0 Å². The minimum Gasteiger partial charge on any atom is -0.463 e. The number of nitrogens with zero attached hydrogens (tertiary/aromatic N) is 2. The Bertz CT molecular complexity index is 1360. The summed E-state index contributed by atoms with van der Waals surface area (Å²) in [6.45, 7) is 0. The van der Waals surface area contributed by atoms with E-state index < -0.39 is 0 Å². The highest BCUT2D eigenvalue weighted by molar-refractivity contribution is 7.99. The van der Waals surface area contributed by atoms with E-state index >= 15 is 0 Å². The first-order valence-corrected chi connectivity index (χ1v) is 12.7. The Morgan fingerprint density at radius 1 is 1.09 bits per heavy atom. The number of hydrogen-bond donors (Lipinski definition) is 2. The van der Waals surface area contributed by atoms with Gasteiger partial charge in [0.1, 0.15) is 11.4 Å². The van der Waals surface area contributed by atoms with E-state index in [9.17, 15) is 4.79 Å². The second-order valence-electron chi connectivity index (χ2n) is 7.03. The number of imidazole rings is 1. The molecule has 0 aliphatic rings. The summed E-state index contributed by atoms with van der Waals surface area (Å²) in [6.07, 6.45) is 3.48. The van der Waals surface area contributed by atoms with Crippen molar-refractivity contribution in [1.82, 2.24) is 15.0 Å². The molecule has 34 heavy (non-hydrogen) atoms. The summed E-state index contributed by atoms with van der Waals surface area (Å²) < 4.78 is 11.0. The maximum Gasteiger partial charge on any atom is 0.226 e. The van der Waals surface area contributed by atoms with Crippen molar-refractivity contribution in [1.29, 1.82) is 0 Å². The molecule has 5 aromatic rings. The van der Waals surface area contributed by atoms with Crippen LogP contribution in [0.25, 0.3) is 34.2 Å². The van der Waals surface area contributed by atoms with Crippen molar-refractivity contribution in [3.8, 4) is 34.2 Å². The Hall–Kier alpha value is -2.98. The molecule has 0 fully saturated rings. The lowest BCUT2D eigenvalue weighted by Gasteiger charge is -2.02. The average Bonchev–Trinajstić information content (AvgIpc) is 3.59. The first-order valence-electron chi connectivity index (χ1n) is 10.1. The summed E-state index contributed by atoms with van der Waals surface area (Å²) in [5.74, 6) is 1.67. The molecule has 4 aromatic heterocycles. The summed E-state index contributed by atoms with van der Waals surface area (Å²) in [5.41, 5.74) is 2.82. The number of H-pyrrole nitrogens is 1. The van der Waals surface area contributed by atoms with Crippen LogP contribution in [-0.2, 0) is 4.79 Å². The van der Waals surface area contributed by atoms with Crippen LogP contribution in [-0.4, -0.2) is 26.6 Å². The maximum atomic E-state index is 12.4. The van der Waals surface area contributed by atoms with E-state index in [0.29, 0.717) is 49.0 Å². The van der Waals surface area contributed by atoms with Gasteiger partial charge in [0.15, 0.2) is 21.8 Å². The van der Waals surface area contributed by atoms with Crippen LogP contribution in [0.3, 0.4) is 0 Å². The number of rotatable bonds is 8. The summed E-state index contributed by atoms with van der Waals surface area (Å²) >= 11 is 15.0. The Morgan fingerprint density at radius 2 is 1.88 bits per heavy atom. The summed E-state index contributed by atoms with van der Waals surface area (Å²) in [5, 5.41) is 6.92. The molecule has 0 saturated heterocycles. The molecular weight excluding hydrogens is 515 g/mol. The number of carbonyl (C=O) groups excluding carboxylic acids is 1. The normalized spacial score (nSPS) is 11.1. The van der Waals surface area contributed by atoms with Gasteiger partial charge in [-0.05, 0) is 42.5 Å². The monoisotopic (exact) mass is 530 g/mol. The van der Waals surface area contributed by atoms with Gasteiger partial charge < -0.3 is 19.1 Å². The van der Waals surface area contributed by atoms with Crippen LogP contribution < -0.4 is 5.32 Å². The SMILES string of the molecule is O=C(CCSc1nc(-c2ccco2)c(-c2ccco2)[nH]1)Nc1nc(-c2ccc(Cl)cc2Cl)cs1. The van der Waals surface area contributed by atoms with Gasteiger partial charge in [0.05, 0.1) is 23.2 Å². The van der Waals surface area contributed by atoms with Crippen molar-refractivity contribution in [3.63, 3.8) is 0 Å². The number of carbonyl (C=O) groups is 1. The highest BCUT2D eigenvalue weighted by Gasteiger charge is 2.18. The molecule has 172 valence electrons. The molecule has 1 aromatic carbocycles. The Balaban J connectivity index is 1.20. The van der Waals surface area contributed by atoms with Crippen LogP contribution in [0.15, 0.2) is 74.4 Å². The molecule has 0 unspecified atom stereocenters. The molecule has 0 saturated carbocycles. The van der Waals surface area contributed by atoms with E-state index in [0.717, 1.165) is 11.3 Å². The van der Waals surface area contributed by atoms with E-state index in [-0.39, 0.29) is 12.3 Å². The average molecular weight is 531 g/mol. The zero-order chi connectivity index (χ0) is 23.5. The molecule has 0 spiro atoms. The van der Waals surface area contributed by atoms with E-state index in [2.05, 4.69) is 20.3 Å². The Kier molecular flexibility index (Phi) is 6.77. The van der Waals surface area contributed by atoms with Gasteiger partial charge in [-0.15, -0.1) is 11.3 Å².